The lowest BCUT2D eigenvalue weighted by Crippen LogP contribution is -1.89. The second-order valence-corrected chi connectivity index (χ2v) is 3.34. The summed E-state index contributed by atoms with van der Waals surface area (Å²) in [6, 6.07) is 17.6. The fourth-order valence-corrected chi connectivity index (χ4v) is 1.43. The average Bonchev–Trinajstić information content (AvgIpc) is 2.66. The van der Waals surface area contributed by atoms with Gasteiger partial charge in [-0.05, 0) is 24.3 Å². The molecule has 122 valence electrons. The molecule has 0 amide bonds. The maximum Gasteiger partial charge on any atom is 0.127 e. The van der Waals surface area contributed by atoms with Gasteiger partial charge in [-0.3, -0.25) is 4.99 Å². The number of hydrogen-bond donors (Lipinski definition) is 0. The van der Waals surface area contributed by atoms with Crippen molar-refractivity contribution in [3.05, 3.63) is 60.2 Å². The molecule has 22 heavy (non-hydrogen) atoms. The molecule has 0 aromatic heterocycles. The summed E-state index contributed by atoms with van der Waals surface area (Å²) < 4.78 is 5.24. The first-order valence-corrected chi connectivity index (χ1v) is 8.12. The smallest absolute Gasteiger partial charge is 0.127 e. The summed E-state index contributed by atoms with van der Waals surface area (Å²) >= 11 is 0. The highest BCUT2D eigenvalue weighted by Gasteiger charge is 1.96. The highest BCUT2D eigenvalue weighted by Crippen LogP contribution is 2.16. The Kier molecular flexibility index (Phi) is 17.1. The Labute approximate surface area is 136 Å². The van der Waals surface area contributed by atoms with E-state index in [-0.39, 0.29) is 0 Å². The maximum atomic E-state index is 5.24. The van der Waals surface area contributed by atoms with Gasteiger partial charge in [-0.2, -0.15) is 0 Å². The summed E-state index contributed by atoms with van der Waals surface area (Å²) in [6.07, 6.45) is 1.81. The van der Waals surface area contributed by atoms with E-state index in [4.69, 9.17) is 4.74 Å². The topological polar surface area (TPSA) is 21.6 Å². The van der Waals surface area contributed by atoms with Gasteiger partial charge in [-0.25, -0.2) is 0 Å². The predicted octanol–water partition coefficient (Wildman–Crippen LogP) is 6.52. The van der Waals surface area contributed by atoms with Crippen LogP contribution in [0.2, 0.25) is 0 Å². The lowest BCUT2D eigenvalue weighted by atomic mass is 10.2. The van der Waals surface area contributed by atoms with Gasteiger partial charge in [0.25, 0.3) is 0 Å². The zero-order chi connectivity index (χ0) is 17.2. The second kappa shape index (κ2) is 17.0. The monoisotopic (exact) mass is 301 g/mol. The molecule has 2 rings (SSSR count). The average molecular weight is 301 g/mol. The molecule has 0 radical (unpaired) electrons. The highest BCUT2D eigenvalue weighted by atomic mass is 16.5. The van der Waals surface area contributed by atoms with Crippen LogP contribution in [0.5, 0.6) is 5.75 Å². The first-order valence-electron chi connectivity index (χ1n) is 8.12. The lowest BCUT2D eigenvalue weighted by Gasteiger charge is -2.02. The van der Waals surface area contributed by atoms with Crippen LogP contribution in [0, 0.1) is 0 Å². The van der Waals surface area contributed by atoms with Gasteiger partial charge in [0.2, 0.25) is 0 Å². The van der Waals surface area contributed by atoms with E-state index in [0.29, 0.717) is 0 Å². The number of benzene rings is 2. The molecule has 0 fully saturated rings. The van der Waals surface area contributed by atoms with E-state index in [1.807, 2.05) is 102 Å². The first kappa shape index (κ1) is 22.2. The Morgan fingerprint density at radius 2 is 1.23 bits per heavy atom. The molecule has 0 atom stereocenters. The largest absolute Gasteiger partial charge is 0.496 e. The molecule has 0 aliphatic rings. The Balaban J connectivity index is 0. The predicted molar refractivity (Wildman–Crippen MR) is 101 cm³/mol. The number of aliphatic imine (C=N–C) groups is 1. The molecule has 0 aliphatic carbocycles. The van der Waals surface area contributed by atoms with Gasteiger partial charge >= 0.3 is 0 Å². The molecular weight excluding hydrogens is 270 g/mol. The Morgan fingerprint density at radius 1 is 0.727 bits per heavy atom. The van der Waals surface area contributed by atoms with Crippen LogP contribution >= 0.6 is 0 Å². The number of rotatable bonds is 3. The van der Waals surface area contributed by atoms with E-state index < -0.39 is 0 Å². The van der Waals surface area contributed by atoms with E-state index >= 15 is 0 Å². The number of ether oxygens (including phenoxy) is 1. The summed E-state index contributed by atoms with van der Waals surface area (Å²) in [7, 11) is 1.66. The summed E-state index contributed by atoms with van der Waals surface area (Å²) in [5.74, 6) is 0.835. The van der Waals surface area contributed by atoms with Crippen molar-refractivity contribution in [2.45, 2.75) is 41.5 Å². The fraction of sp³-hybridized carbons (Fsp3) is 0.350. The van der Waals surface area contributed by atoms with Crippen LogP contribution in [0.15, 0.2) is 59.6 Å². The van der Waals surface area contributed by atoms with Crippen LogP contribution in [0.1, 0.15) is 47.1 Å². The minimum atomic E-state index is 0.835. The molecule has 0 bridgehead atoms. The van der Waals surface area contributed by atoms with Gasteiger partial charge < -0.3 is 4.74 Å². The highest BCUT2D eigenvalue weighted by molar-refractivity contribution is 5.85. The third kappa shape index (κ3) is 8.96. The minimum absolute atomic E-state index is 0.835. The summed E-state index contributed by atoms with van der Waals surface area (Å²) in [6.45, 7) is 12.0. The van der Waals surface area contributed by atoms with Gasteiger partial charge in [0.1, 0.15) is 5.75 Å². The summed E-state index contributed by atoms with van der Waals surface area (Å²) in [5.41, 5.74) is 1.92. The Bertz CT molecular complexity index is 478. The van der Waals surface area contributed by atoms with Crippen molar-refractivity contribution in [2.75, 3.05) is 7.11 Å². The molecule has 2 heteroatoms. The standard InChI is InChI=1S/C14H13NO.3C2H6/c1-16-14-10-6-5-7-12(14)11-15-13-8-3-2-4-9-13;3*1-2/h2-11H,1H3;3*1-2H3. The Hall–Kier alpha value is -2.09. The summed E-state index contributed by atoms with van der Waals surface area (Å²) in [4.78, 5) is 4.38. The van der Waals surface area contributed by atoms with E-state index in [1.165, 1.54) is 0 Å². The maximum absolute atomic E-state index is 5.24. The molecule has 0 spiro atoms. The zero-order valence-corrected chi connectivity index (χ0v) is 15.1. The van der Waals surface area contributed by atoms with E-state index in [1.54, 1.807) is 7.11 Å². The molecule has 0 saturated heterocycles. The fourth-order valence-electron chi connectivity index (χ4n) is 1.43. The first-order chi connectivity index (χ1) is 10.9. The molecule has 2 aromatic rings. The molecule has 2 nitrogen and oxygen atoms in total. The van der Waals surface area contributed by atoms with Crippen molar-refractivity contribution in [3.63, 3.8) is 0 Å². The van der Waals surface area contributed by atoms with Crippen molar-refractivity contribution in [1.82, 2.24) is 0 Å². The zero-order valence-electron chi connectivity index (χ0n) is 15.1. The number of methoxy groups -OCH3 is 1. The molecule has 0 N–H and O–H groups in total. The number of hydrogen-bond acceptors (Lipinski definition) is 2. The van der Waals surface area contributed by atoms with Gasteiger partial charge in [-0.15, -0.1) is 0 Å². The van der Waals surface area contributed by atoms with E-state index in [2.05, 4.69) is 4.99 Å². The third-order valence-corrected chi connectivity index (χ3v) is 2.25. The van der Waals surface area contributed by atoms with E-state index in [0.717, 1.165) is 17.0 Å². The molecular formula is C20H31NO. The third-order valence-electron chi connectivity index (χ3n) is 2.25. The SMILES string of the molecule is CC.CC.CC.COc1ccccc1C=Nc1ccccc1. The van der Waals surface area contributed by atoms with Gasteiger partial charge in [0.05, 0.1) is 12.8 Å². The van der Waals surface area contributed by atoms with Gasteiger partial charge in [-0.1, -0.05) is 71.9 Å². The molecule has 0 aliphatic heterocycles. The normalized spacial score (nSPS) is 8.50. The van der Waals surface area contributed by atoms with Crippen molar-refractivity contribution < 1.29 is 4.74 Å². The second-order valence-electron chi connectivity index (χ2n) is 3.34. The summed E-state index contributed by atoms with van der Waals surface area (Å²) in [5, 5.41) is 0. The number of nitrogens with zero attached hydrogens (tertiary/aromatic N) is 1. The van der Waals surface area contributed by atoms with Crippen molar-refractivity contribution >= 4 is 11.9 Å². The van der Waals surface area contributed by atoms with Crippen LogP contribution in [0.25, 0.3) is 0 Å². The van der Waals surface area contributed by atoms with Crippen molar-refractivity contribution in [3.8, 4) is 5.75 Å². The van der Waals surface area contributed by atoms with Crippen LogP contribution in [0.3, 0.4) is 0 Å². The van der Waals surface area contributed by atoms with Crippen LogP contribution < -0.4 is 4.74 Å². The molecule has 0 heterocycles. The molecule has 0 unspecified atom stereocenters. The quantitative estimate of drug-likeness (QED) is 0.591. The van der Waals surface area contributed by atoms with Crippen molar-refractivity contribution in [2.24, 2.45) is 4.99 Å². The van der Waals surface area contributed by atoms with E-state index in [9.17, 15) is 0 Å². The van der Waals surface area contributed by atoms with Gasteiger partial charge in [0.15, 0.2) is 0 Å². The van der Waals surface area contributed by atoms with Crippen LogP contribution in [-0.2, 0) is 0 Å². The minimum Gasteiger partial charge on any atom is -0.496 e. The lowest BCUT2D eigenvalue weighted by molar-refractivity contribution is 0.414. The van der Waals surface area contributed by atoms with Crippen LogP contribution in [0.4, 0.5) is 5.69 Å². The van der Waals surface area contributed by atoms with Crippen molar-refractivity contribution in [1.29, 1.82) is 0 Å². The molecule has 0 saturated carbocycles. The van der Waals surface area contributed by atoms with Crippen LogP contribution in [-0.4, -0.2) is 13.3 Å². The molecule has 2 aromatic carbocycles. The Morgan fingerprint density at radius 3 is 1.77 bits per heavy atom. The number of para-hydroxylation sites is 2. The van der Waals surface area contributed by atoms with Gasteiger partial charge in [0, 0.05) is 11.8 Å².